The van der Waals surface area contributed by atoms with Crippen molar-refractivity contribution in [2.45, 2.75) is 26.7 Å². The molecule has 2 rings (SSSR count). The third-order valence-electron chi connectivity index (χ3n) is 4.21. The average Bonchev–Trinajstić information content (AvgIpc) is 2.55. The van der Waals surface area contributed by atoms with E-state index in [2.05, 4.69) is 19.2 Å². The van der Waals surface area contributed by atoms with Crippen molar-refractivity contribution in [3.8, 4) is 11.5 Å². The monoisotopic (exact) mass is 308 g/mol. The van der Waals surface area contributed by atoms with Gasteiger partial charge in [0.2, 0.25) is 0 Å². The molecule has 1 aliphatic rings. The first-order chi connectivity index (χ1) is 10.2. The zero-order valence-electron chi connectivity index (χ0n) is 13.2. The molecule has 0 unspecified atom stereocenters. The normalized spacial score (nSPS) is 17.0. The molecule has 0 bridgehead atoms. The van der Waals surface area contributed by atoms with E-state index in [1.54, 1.807) is 26.0 Å². The fourth-order valence-corrected chi connectivity index (χ4v) is 3.63. The second-order valence-corrected chi connectivity index (χ2v) is 6.28. The van der Waals surface area contributed by atoms with Crippen LogP contribution in [-0.4, -0.2) is 31.7 Å². The Morgan fingerprint density at radius 2 is 1.90 bits per heavy atom. The standard InChI is InChI=1S/C16H24N2O2S/c1-5-16(6-2)10-17-15(21-11-16)18-12-7-8-13(19-3)14(9-12)20-4/h7-9H,5-6,10-11H2,1-4H3,(H,17,18). The Bertz CT molecular complexity index is 513. The molecule has 0 aromatic heterocycles. The molecule has 1 aliphatic heterocycles. The molecule has 0 amide bonds. The van der Waals surface area contributed by atoms with E-state index in [0.717, 1.165) is 34.7 Å². The Morgan fingerprint density at radius 3 is 2.43 bits per heavy atom. The van der Waals surface area contributed by atoms with Crippen molar-refractivity contribution in [2.24, 2.45) is 10.4 Å². The van der Waals surface area contributed by atoms with Crippen LogP contribution in [0.15, 0.2) is 23.2 Å². The molecule has 1 aromatic rings. The van der Waals surface area contributed by atoms with E-state index in [4.69, 9.17) is 14.5 Å². The quantitative estimate of drug-likeness (QED) is 0.892. The number of nitrogens with one attached hydrogen (secondary N) is 1. The summed E-state index contributed by atoms with van der Waals surface area (Å²) >= 11 is 1.80. The Labute approximate surface area is 131 Å². The highest BCUT2D eigenvalue weighted by molar-refractivity contribution is 8.14. The number of aliphatic imine (C=N–C) groups is 1. The number of amidine groups is 1. The van der Waals surface area contributed by atoms with Crippen LogP contribution in [-0.2, 0) is 0 Å². The summed E-state index contributed by atoms with van der Waals surface area (Å²) in [6.07, 6.45) is 2.37. The van der Waals surface area contributed by atoms with Gasteiger partial charge in [0.15, 0.2) is 16.7 Å². The summed E-state index contributed by atoms with van der Waals surface area (Å²) in [5.74, 6) is 2.58. The lowest BCUT2D eigenvalue weighted by molar-refractivity contribution is 0.318. The van der Waals surface area contributed by atoms with Gasteiger partial charge in [-0.2, -0.15) is 0 Å². The molecule has 0 fully saturated rings. The summed E-state index contributed by atoms with van der Waals surface area (Å²) in [6.45, 7) is 5.42. The van der Waals surface area contributed by atoms with Gasteiger partial charge in [-0.05, 0) is 30.4 Å². The van der Waals surface area contributed by atoms with Crippen molar-refractivity contribution >= 4 is 22.6 Å². The maximum Gasteiger partial charge on any atom is 0.162 e. The molecule has 0 radical (unpaired) electrons. The fourth-order valence-electron chi connectivity index (χ4n) is 2.34. The molecule has 0 atom stereocenters. The number of rotatable bonds is 5. The predicted octanol–water partition coefficient (Wildman–Crippen LogP) is 4.02. The van der Waals surface area contributed by atoms with Gasteiger partial charge in [0.25, 0.3) is 0 Å². The van der Waals surface area contributed by atoms with Crippen LogP contribution in [0.1, 0.15) is 26.7 Å². The Balaban J connectivity index is 2.08. The zero-order chi connectivity index (χ0) is 15.3. The van der Waals surface area contributed by atoms with Crippen molar-refractivity contribution < 1.29 is 9.47 Å². The molecule has 1 heterocycles. The zero-order valence-corrected chi connectivity index (χ0v) is 14.0. The highest BCUT2D eigenvalue weighted by atomic mass is 32.2. The molecule has 116 valence electrons. The van der Waals surface area contributed by atoms with Crippen LogP contribution >= 0.6 is 11.8 Å². The Kier molecular flexibility index (Phi) is 5.39. The number of hydrogen-bond donors (Lipinski definition) is 1. The lowest BCUT2D eigenvalue weighted by Gasteiger charge is -2.33. The van der Waals surface area contributed by atoms with Crippen molar-refractivity contribution in [3.05, 3.63) is 18.2 Å². The van der Waals surface area contributed by atoms with E-state index in [1.807, 2.05) is 18.2 Å². The van der Waals surface area contributed by atoms with E-state index in [1.165, 1.54) is 12.8 Å². The van der Waals surface area contributed by atoms with Gasteiger partial charge in [-0.3, -0.25) is 4.99 Å². The van der Waals surface area contributed by atoms with Crippen LogP contribution in [0.25, 0.3) is 0 Å². The van der Waals surface area contributed by atoms with Crippen molar-refractivity contribution in [3.63, 3.8) is 0 Å². The number of benzene rings is 1. The van der Waals surface area contributed by atoms with E-state index >= 15 is 0 Å². The third kappa shape index (κ3) is 3.64. The van der Waals surface area contributed by atoms with E-state index in [-0.39, 0.29) is 0 Å². The smallest absolute Gasteiger partial charge is 0.162 e. The van der Waals surface area contributed by atoms with Crippen molar-refractivity contribution in [2.75, 3.05) is 31.8 Å². The van der Waals surface area contributed by atoms with Crippen LogP contribution in [0.5, 0.6) is 11.5 Å². The van der Waals surface area contributed by atoms with Gasteiger partial charge >= 0.3 is 0 Å². The fraction of sp³-hybridized carbons (Fsp3) is 0.562. The van der Waals surface area contributed by atoms with E-state index < -0.39 is 0 Å². The molecule has 0 spiro atoms. The summed E-state index contributed by atoms with van der Waals surface area (Å²) in [7, 11) is 3.28. The summed E-state index contributed by atoms with van der Waals surface area (Å²) < 4.78 is 10.6. The molecular weight excluding hydrogens is 284 g/mol. The summed E-state index contributed by atoms with van der Waals surface area (Å²) in [4.78, 5) is 4.71. The van der Waals surface area contributed by atoms with E-state index in [9.17, 15) is 0 Å². The number of hydrogen-bond acceptors (Lipinski definition) is 5. The number of thioether (sulfide) groups is 1. The van der Waals surface area contributed by atoms with Gasteiger partial charge in [-0.25, -0.2) is 0 Å². The molecule has 0 saturated heterocycles. The second-order valence-electron chi connectivity index (χ2n) is 5.31. The van der Waals surface area contributed by atoms with Crippen LogP contribution in [0.2, 0.25) is 0 Å². The number of ether oxygens (including phenoxy) is 2. The molecule has 21 heavy (non-hydrogen) atoms. The van der Waals surface area contributed by atoms with Gasteiger partial charge in [0.1, 0.15) is 0 Å². The SMILES string of the molecule is CCC1(CC)CN=C(Nc2ccc(OC)c(OC)c2)SC1. The first-order valence-corrected chi connectivity index (χ1v) is 8.31. The molecule has 0 aliphatic carbocycles. The lowest BCUT2D eigenvalue weighted by atomic mass is 9.84. The van der Waals surface area contributed by atoms with Crippen molar-refractivity contribution in [1.82, 2.24) is 0 Å². The average molecular weight is 308 g/mol. The first-order valence-electron chi connectivity index (χ1n) is 7.32. The Morgan fingerprint density at radius 1 is 1.19 bits per heavy atom. The largest absolute Gasteiger partial charge is 0.493 e. The molecule has 4 nitrogen and oxygen atoms in total. The maximum absolute atomic E-state index is 5.32. The van der Waals surface area contributed by atoms with Crippen LogP contribution < -0.4 is 14.8 Å². The van der Waals surface area contributed by atoms with Crippen LogP contribution in [0, 0.1) is 5.41 Å². The summed E-state index contributed by atoms with van der Waals surface area (Å²) in [6, 6.07) is 5.81. The number of nitrogens with zero attached hydrogens (tertiary/aromatic N) is 1. The highest BCUT2D eigenvalue weighted by Crippen LogP contribution is 2.36. The molecule has 1 aromatic carbocycles. The van der Waals surface area contributed by atoms with Gasteiger partial charge in [0.05, 0.1) is 14.2 Å². The molecule has 5 heteroatoms. The van der Waals surface area contributed by atoms with E-state index in [0.29, 0.717) is 5.41 Å². The van der Waals surface area contributed by atoms with Gasteiger partial charge in [-0.15, -0.1) is 0 Å². The van der Waals surface area contributed by atoms with Crippen molar-refractivity contribution in [1.29, 1.82) is 0 Å². The minimum Gasteiger partial charge on any atom is -0.493 e. The van der Waals surface area contributed by atoms with Gasteiger partial charge < -0.3 is 14.8 Å². The molecule has 1 N–H and O–H groups in total. The third-order valence-corrected chi connectivity index (χ3v) is 5.47. The summed E-state index contributed by atoms with van der Waals surface area (Å²) in [5, 5.41) is 4.36. The van der Waals surface area contributed by atoms with Gasteiger partial charge in [-0.1, -0.05) is 25.6 Å². The molecule has 0 saturated carbocycles. The minimum absolute atomic E-state index is 0.368. The Hall–Kier alpha value is -1.36. The predicted molar refractivity (Wildman–Crippen MR) is 90.9 cm³/mol. The second kappa shape index (κ2) is 7.07. The minimum atomic E-state index is 0.368. The summed E-state index contributed by atoms with van der Waals surface area (Å²) in [5.41, 5.74) is 1.34. The molecular formula is C16H24N2O2S. The number of anilines is 1. The number of methoxy groups -OCH3 is 2. The van der Waals surface area contributed by atoms with Gasteiger partial charge in [0, 0.05) is 24.1 Å². The topological polar surface area (TPSA) is 42.9 Å². The highest BCUT2D eigenvalue weighted by Gasteiger charge is 2.30. The first kappa shape index (κ1) is 16.0. The van der Waals surface area contributed by atoms with Crippen LogP contribution in [0.3, 0.4) is 0 Å². The van der Waals surface area contributed by atoms with Crippen LogP contribution in [0.4, 0.5) is 5.69 Å². The lowest BCUT2D eigenvalue weighted by Crippen LogP contribution is -2.32. The maximum atomic E-state index is 5.32.